The van der Waals surface area contributed by atoms with Crippen molar-refractivity contribution in [2.24, 2.45) is 5.73 Å². The summed E-state index contributed by atoms with van der Waals surface area (Å²) in [5, 5.41) is 13.0. The minimum atomic E-state index is -0.610. The highest BCUT2D eigenvalue weighted by Crippen LogP contribution is 2.28. The number of aromatic amines is 1. The Kier molecular flexibility index (Phi) is 5.19. The summed E-state index contributed by atoms with van der Waals surface area (Å²) in [6.07, 6.45) is 0. The van der Waals surface area contributed by atoms with Crippen LogP contribution in [0.15, 0.2) is 28.2 Å². The van der Waals surface area contributed by atoms with Gasteiger partial charge >= 0.3 is 0 Å². The molecule has 2 heterocycles. The number of nitrogens with one attached hydrogen (secondary N) is 2. The summed E-state index contributed by atoms with van der Waals surface area (Å²) < 4.78 is 0. The van der Waals surface area contributed by atoms with Crippen LogP contribution in [-0.4, -0.2) is 32.6 Å². The fourth-order valence-electron chi connectivity index (χ4n) is 2.50. The SMILES string of the molecule is Cc1ccc(O)c(NC(=O)CSc2nc3sc(C(N)=O)c(C)c3c(=O)[nH]2)c1. The fourth-order valence-corrected chi connectivity index (χ4v) is 4.25. The van der Waals surface area contributed by atoms with Crippen molar-refractivity contribution >= 4 is 50.8 Å². The molecule has 5 N–H and O–H groups in total. The average molecular weight is 404 g/mol. The third-order valence-electron chi connectivity index (χ3n) is 3.77. The number of fused-ring (bicyclic) bond motifs is 1. The molecular formula is C17H16N4O4S2. The molecule has 1 aromatic carbocycles. The van der Waals surface area contributed by atoms with Crippen molar-refractivity contribution in [3.63, 3.8) is 0 Å². The summed E-state index contributed by atoms with van der Waals surface area (Å²) in [6.45, 7) is 3.49. The number of primary amides is 1. The van der Waals surface area contributed by atoms with Crippen LogP contribution in [0.25, 0.3) is 10.2 Å². The highest BCUT2D eigenvalue weighted by molar-refractivity contribution is 7.99. The van der Waals surface area contributed by atoms with Gasteiger partial charge in [0, 0.05) is 0 Å². The smallest absolute Gasteiger partial charge is 0.260 e. The second kappa shape index (κ2) is 7.41. The van der Waals surface area contributed by atoms with E-state index in [0.717, 1.165) is 28.7 Å². The van der Waals surface area contributed by atoms with Crippen LogP contribution in [0, 0.1) is 13.8 Å². The lowest BCUT2D eigenvalue weighted by molar-refractivity contribution is -0.113. The zero-order valence-electron chi connectivity index (χ0n) is 14.5. The topological polar surface area (TPSA) is 138 Å². The predicted molar refractivity (Wildman–Crippen MR) is 106 cm³/mol. The molecule has 0 atom stereocenters. The molecule has 0 aliphatic carbocycles. The Morgan fingerprint density at radius 3 is 2.81 bits per heavy atom. The number of thioether (sulfide) groups is 1. The number of nitrogens with zero attached hydrogens (tertiary/aromatic N) is 1. The van der Waals surface area contributed by atoms with Crippen LogP contribution in [-0.2, 0) is 4.79 Å². The number of aromatic nitrogens is 2. The Balaban J connectivity index is 1.77. The van der Waals surface area contributed by atoms with Crippen LogP contribution < -0.4 is 16.6 Å². The number of benzene rings is 1. The molecule has 0 saturated carbocycles. The Morgan fingerprint density at radius 2 is 2.11 bits per heavy atom. The molecule has 27 heavy (non-hydrogen) atoms. The first-order valence-corrected chi connectivity index (χ1v) is 9.62. The highest BCUT2D eigenvalue weighted by Gasteiger charge is 2.18. The van der Waals surface area contributed by atoms with Gasteiger partial charge in [0.1, 0.15) is 10.6 Å². The fraction of sp³-hybridized carbons (Fsp3) is 0.176. The summed E-state index contributed by atoms with van der Waals surface area (Å²) in [5.74, 6) is -1.01. The molecule has 0 spiro atoms. The zero-order valence-corrected chi connectivity index (χ0v) is 16.1. The van der Waals surface area contributed by atoms with Gasteiger partial charge in [-0.15, -0.1) is 11.3 Å². The van der Waals surface area contributed by atoms with E-state index in [2.05, 4.69) is 15.3 Å². The van der Waals surface area contributed by atoms with E-state index in [-0.39, 0.29) is 33.0 Å². The van der Waals surface area contributed by atoms with Gasteiger partial charge in [-0.2, -0.15) is 0 Å². The normalized spacial score (nSPS) is 10.9. The number of rotatable bonds is 5. The van der Waals surface area contributed by atoms with Crippen LogP contribution in [0.3, 0.4) is 0 Å². The largest absolute Gasteiger partial charge is 0.506 e. The standard InChI is InChI=1S/C17H16N4O4S2/c1-7-3-4-10(22)9(5-7)19-11(23)6-26-17-20-15(25)12-8(2)13(14(18)24)27-16(12)21-17/h3-5,22H,6H2,1-2H3,(H2,18,24)(H,19,23)(H,20,21,25). The second-order valence-corrected chi connectivity index (χ2v) is 7.79. The van der Waals surface area contributed by atoms with Crippen molar-refractivity contribution in [3.05, 3.63) is 44.6 Å². The zero-order chi connectivity index (χ0) is 19.7. The van der Waals surface area contributed by atoms with E-state index in [1.54, 1.807) is 19.1 Å². The number of carbonyl (C=O) groups is 2. The van der Waals surface area contributed by atoms with Crippen LogP contribution in [0.1, 0.15) is 20.8 Å². The molecule has 0 fully saturated rings. The van der Waals surface area contributed by atoms with E-state index >= 15 is 0 Å². The number of hydrogen-bond acceptors (Lipinski definition) is 7. The van der Waals surface area contributed by atoms with Crippen LogP contribution >= 0.6 is 23.1 Å². The summed E-state index contributed by atoms with van der Waals surface area (Å²) in [6, 6.07) is 4.89. The first-order chi connectivity index (χ1) is 12.8. The van der Waals surface area contributed by atoms with Gasteiger partial charge in [0.15, 0.2) is 5.16 Å². The quantitative estimate of drug-likeness (QED) is 0.292. The average Bonchev–Trinajstić information content (AvgIpc) is 2.94. The number of aromatic hydroxyl groups is 1. The molecule has 2 amide bonds. The van der Waals surface area contributed by atoms with Gasteiger partial charge < -0.3 is 21.1 Å². The minimum absolute atomic E-state index is 0.0190. The molecule has 140 valence electrons. The summed E-state index contributed by atoms with van der Waals surface area (Å²) in [4.78, 5) is 43.4. The molecule has 0 bridgehead atoms. The van der Waals surface area contributed by atoms with Crippen LogP contribution in [0.4, 0.5) is 5.69 Å². The lowest BCUT2D eigenvalue weighted by Gasteiger charge is -2.08. The molecule has 0 aliphatic heterocycles. The lowest BCUT2D eigenvalue weighted by atomic mass is 10.2. The lowest BCUT2D eigenvalue weighted by Crippen LogP contribution is -2.15. The van der Waals surface area contributed by atoms with E-state index in [1.807, 2.05) is 6.92 Å². The maximum absolute atomic E-state index is 12.3. The number of phenols is 1. The summed E-state index contributed by atoms with van der Waals surface area (Å²) >= 11 is 2.09. The van der Waals surface area contributed by atoms with Gasteiger partial charge in [-0.25, -0.2) is 4.98 Å². The van der Waals surface area contributed by atoms with E-state index in [0.29, 0.717) is 21.5 Å². The summed E-state index contributed by atoms with van der Waals surface area (Å²) in [7, 11) is 0. The van der Waals surface area contributed by atoms with Gasteiger partial charge in [-0.05, 0) is 37.1 Å². The van der Waals surface area contributed by atoms with Crippen LogP contribution in [0.5, 0.6) is 5.75 Å². The Hall–Kier alpha value is -2.85. The summed E-state index contributed by atoms with van der Waals surface area (Å²) in [5.41, 5.74) is 6.64. The van der Waals surface area contributed by atoms with Gasteiger partial charge in [0.25, 0.3) is 11.5 Å². The van der Waals surface area contributed by atoms with Gasteiger partial charge in [-0.3, -0.25) is 14.4 Å². The Labute approximate surface area is 161 Å². The maximum atomic E-state index is 12.3. The van der Waals surface area contributed by atoms with E-state index in [1.165, 1.54) is 6.07 Å². The van der Waals surface area contributed by atoms with Crippen molar-refractivity contribution in [2.45, 2.75) is 19.0 Å². The number of hydrogen-bond donors (Lipinski definition) is 4. The number of aryl methyl sites for hydroxylation is 2. The number of amides is 2. The Bertz CT molecular complexity index is 1120. The Morgan fingerprint density at radius 1 is 1.37 bits per heavy atom. The van der Waals surface area contributed by atoms with Crippen molar-refractivity contribution in [2.75, 3.05) is 11.1 Å². The highest BCUT2D eigenvalue weighted by atomic mass is 32.2. The molecule has 2 aromatic heterocycles. The van der Waals surface area contributed by atoms with Crippen molar-refractivity contribution in [3.8, 4) is 5.75 Å². The number of phenolic OH excluding ortho intramolecular Hbond substituents is 1. The molecule has 3 rings (SSSR count). The number of carbonyl (C=O) groups excluding carboxylic acids is 2. The first-order valence-electron chi connectivity index (χ1n) is 7.81. The van der Waals surface area contributed by atoms with Gasteiger partial charge in [0.2, 0.25) is 5.91 Å². The number of thiophene rings is 1. The van der Waals surface area contributed by atoms with Gasteiger partial charge in [0.05, 0.1) is 21.7 Å². The number of H-pyrrole nitrogens is 1. The minimum Gasteiger partial charge on any atom is -0.506 e. The second-order valence-electron chi connectivity index (χ2n) is 5.83. The van der Waals surface area contributed by atoms with Gasteiger partial charge in [-0.1, -0.05) is 17.8 Å². The third kappa shape index (κ3) is 3.96. The maximum Gasteiger partial charge on any atom is 0.260 e. The number of nitrogens with two attached hydrogens (primary N) is 1. The first kappa shape index (κ1) is 18.9. The molecular weight excluding hydrogens is 388 g/mol. The van der Waals surface area contributed by atoms with Crippen molar-refractivity contribution in [1.29, 1.82) is 0 Å². The molecule has 8 nitrogen and oxygen atoms in total. The molecule has 10 heteroatoms. The molecule has 0 aliphatic rings. The van der Waals surface area contributed by atoms with E-state index < -0.39 is 5.91 Å². The third-order valence-corrected chi connectivity index (χ3v) is 5.84. The molecule has 0 saturated heterocycles. The number of anilines is 1. The van der Waals surface area contributed by atoms with Crippen molar-refractivity contribution < 1.29 is 14.7 Å². The monoisotopic (exact) mass is 404 g/mol. The van der Waals surface area contributed by atoms with Crippen LogP contribution in [0.2, 0.25) is 0 Å². The molecule has 0 unspecified atom stereocenters. The van der Waals surface area contributed by atoms with E-state index in [9.17, 15) is 19.5 Å². The van der Waals surface area contributed by atoms with E-state index in [4.69, 9.17) is 5.73 Å². The molecule has 3 aromatic rings. The predicted octanol–water partition coefficient (Wildman–Crippen LogP) is 2.14. The molecule has 0 radical (unpaired) electrons. The van der Waals surface area contributed by atoms with Crippen molar-refractivity contribution in [1.82, 2.24) is 9.97 Å².